The van der Waals surface area contributed by atoms with Crippen LogP contribution in [0.4, 0.5) is 0 Å². The van der Waals surface area contributed by atoms with Crippen LogP contribution in [0, 0.1) is 12.3 Å². The third-order valence-corrected chi connectivity index (χ3v) is 6.97. The van der Waals surface area contributed by atoms with Gasteiger partial charge in [-0.1, -0.05) is 0 Å². The first kappa shape index (κ1) is 15.9. The van der Waals surface area contributed by atoms with Crippen LogP contribution in [-0.2, 0) is 9.53 Å². The molecule has 0 aromatic carbocycles. The second kappa shape index (κ2) is 6.50. The van der Waals surface area contributed by atoms with E-state index in [2.05, 4.69) is 25.3 Å². The molecule has 0 spiro atoms. The van der Waals surface area contributed by atoms with Crippen molar-refractivity contribution in [2.45, 2.75) is 44.4 Å². The number of rotatable bonds is 7. The lowest BCUT2D eigenvalue weighted by Crippen LogP contribution is -2.24. The first-order valence-corrected chi connectivity index (χ1v) is 8.88. The Morgan fingerprint density at radius 2 is 2.30 bits per heavy atom. The first-order valence-electron chi connectivity index (χ1n) is 6.95. The summed E-state index contributed by atoms with van der Waals surface area (Å²) in [6.45, 7) is 4.21. The summed E-state index contributed by atoms with van der Waals surface area (Å²) in [6.07, 6.45) is 2.81. The van der Waals surface area contributed by atoms with Crippen LogP contribution < -0.4 is 5.73 Å². The molecule has 1 aliphatic carbocycles. The Bertz CT molecular complexity index is 466. The van der Waals surface area contributed by atoms with Crippen LogP contribution in [0.25, 0.3) is 0 Å². The summed E-state index contributed by atoms with van der Waals surface area (Å²) in [5.74, 6) is 0.902. The summed E-state index contributed by atoms with van der Waals surface area (Å²) in [6, 6.07) is 2.27. The minimum absolute atomic E-state index is 0.0900. The molecule has 2 atom stereocenters. The molecule has 0 amide bonds. The number of carbonyl (C=O) groups excluding carboxylic acids is 1. The number of hydrogen-bond acceptors (Lipinski definition) is 5. The van der Waals surface area contributed by atoms with E-state index in [1.54, 1.807) is 11.3 Å². The van der Waals surface area contributed by atoms with Gasteiger partial charge in [0.1, 0.15) is 0 Å². The molecule has 1 aromatic rings. The van der Waals surface area contributed by atoms with Gasteiger partial charge in [-0.2, -0.15) is 11.8 Å². The number of methoxy groups -OCH3 is 1. The van der Waals surface area contributed by atoms with Gasteiger partial charge in [-0.15, -0.1) is 11.3 Å². The lowest BCUT2D eigenvalue weighted by atomic mass is 10.1. The molecule has 0 bridgehead atoms. The maximum absolute atomic E-state index is 11.5. The molecule has 2 unspecified atom stereocenters. The first-order chi connectivity index (χ1) is 9.47. The van der Waals surface area contributed by atoms with Crippen molar-refractivity contribution in [3.05, 3.63) is 21.9 Å². The fraction of sp³-hybridized carbons (Fsp3) is 0.667. The van der Waals surface area contributed by atoms with Crippen LogP contribution in [0.2, 0.25) is 0 Å². The number of carbonyl (C=O) groups is 1. The second-order valence-corrected chi connectivity index (χ2v) is 7.89. The molecule has 3 nitrogen and oxygen atoms in total. The summed E-state index contributed by atoms with van der Waals surface area (Å²) in [7, 11) is 1.46. The van der Waals surface area contributed by atoms with Crippen molar-refractivity contribution >= 4 is 29.1 Å². The van der Waals surface area contributed by atoms with Crippen molar-refractivity contribution in [1.29, 1.82) is 0 Å². The van der Waals surface area contributed by atoms with Gasteiger partial charge in [-0.25, -0.2) is 0 Å². The highest BCUT2D eigenvalue weighted by Gasteiger charge is 2.45. The van der Waals surface area contributed by atoms with E-state index in [0.29, 0.717) is 11.7 Å². The van der Waals surface area contributed by atoms with Gasteiger partial charge in [0.15, 0.2) is 0 Å². The molecule has 20 heavy (non-hydrogen) atoms. The van der Waals surface area contributed by atoms with E-state index in [1.165, 1.54) is 17.6 Å². The average Bonchev–Trinajstić information content (AvgIpc) is 3.03. The van der Waals surface area contributed by atoms with Crippen molar-refractivity contribution in [2.24, 2.45) is 11.1 Å². The number of thioether (sulfide) groups is 1. The highest BCUT2D eigenvalue weighted by molar-refractivity contribution is 7.99. The van der Waals surface area contributed by atoms with Crippen LogP contribution in [0.3, 0.4) is 0 Å². The summed E-state index contributed by atoms with van der Waals surface area (Å²) < 4.78 is 4.80. The van der Waals surface area contributed by atoms with E-state index >= 15 is 0 Å². The van der Waals surface area contributed by atoms with Gasteiger partial charge >= 0.3 is 5.97 Å². The Labute approximate surface area is 129 Å². The van der Waals surface area contributed by atoms with Crippen molar-refractivity contribution in [3.63, 3.8) is 0 Å². The predicted octanol–water partition coefficient (Wildman–Crippen LogP) is 3.52. The fourth-order valence-electron chi connectivity index (χ4n) is 2.34. The van der Waals surface area contributed by atoms with Gasteiger partial charge in [0.25, 0.3) is 0 Å². The standard InChI is InChI=1S/C15H23NO2S2/c1-10-4-7-19-13(10)14(11(2)16)20-9-15(5-6-15)8-12(17)18-3/h4,7,11,14H,5-6,8-9,16H2,1-3H3. The molecule has 0 aliphatic heterocycles. The predicted molar refractivity (Wildman–Crippen MR) is 86.2 cm³/mol. The summed E-state index contributed by atoms with van der Waals surface area (Å²) >= 11 is 3.68. The van der Waals surface area contributed by atoms with Gasteiger partial charge in [0.05, 0.1) is 18.8 Å². The van der Waals surface area contributed by atoms with Crippen molar-refractivity contribution < 1.29 is 9.53 Å². The fourth-order valence-corrected chi connectivity index (χ4v) is 5.29. The molecule has 2 N–H and O–H groups in total. The van der Waals surface area contributed by atoms with Crippen LogP contribution in [-0.4, -0.2) is 24.9 Å². The Morgan fingerprint density at radius 1 is 1.60 bits per heavy atom. The summed E-state index contributed by atoms with van der Waals surface area (Å²) in [4.78, 5) is 12.8. The number of hydrogen-bond donors (Lipinski definition) is 1. The van der Waals surface area contributed by atoms with Crippen molar-refractivity contribution in [2.75, 3.05) is 12.9 Å². The molecule has 112 valence electrons. The van der Waals surface area contributed by atoms with Crippen LogP contribution >= 0.6 is 23.1 Å². The molecular weight excluding hydrogens is 290 g/mol. The molecule has 0 radical (unpaired) electrons. The van der Waals surface area contributed by atoms with Gasteiger partial charge in [0.2, 0.25) is 0 Å². The number of thiophene rings is 1. The maximum Gasteiger partial charge on any atom is 0.306 e. The van der Waals surface area contributed by atoms with E-state index in [4.69, 9.17) is 10.5 Å². The zero-order valence-corrected chi connectivity index (χ0v) is 14.0. The maximum atomic E-state index is 11.5. The van der Waals surface area contributed by atoms with Gasteiger partial charge < -0.3 is 10.5 Å². The van der Waals surface area contributed by atoms with E-state index in [0.717, 1.165) is 18.6 Å². The molecule has 5 heteroatoms. The highest BCUT2D eigenvalue weighted by Crippen LogP contribution is 2.53. The second-order valence-electron chi connectivity index (χ2n) is 5.81. The summed E-state index contributed by atoms with van der Waals surface area (Å²) in [5.41, 5.74) is 7.65. The zero-order chi connectivity index (χ0) is 14.8. The molecule has 1 aliphatic rings. The number of nitrogens with two attached hydrogens (primary N) is 1. The Hall–Kier alpha value is -0.520. The molecule has 0 saturated heterocycles. The lowest BCUT2D eigenvalue weighted by molar-refractivity contribution is -0.141. The van der Waals surface area contributed by atoms with E-state index in [1.807, 2.05) is 11.8 Å². The zero-order valence-electron chi connectivity index (χ0n) is 12.3. The lowest BCUT2D eigenvalue weighted by Gasteiger charge is -2.23. The van der Waals surface area contributed by atoms with Crippen molar-refractivity contribution in [1.82, 2.24) is 0 Å². The van der Waals surface area contributed by atoms with E-state index in [-0.39, 0.29) is 17.4 Å². The van der Waals surface area contributed by atoms with Crippen LogP contribution in [0.5, 0.6) is 0 Å². The monoisotopic (exact) mass is 313 g/mol. The molecule has 1 saturated carbocycles. The SMILES string of the molecule is COC(=O)CC1(CSC(c2sccc2C)C(C)N)CC1. The molecule has 1 fully saturated rings. The highest BCUT2D eigenvalue weighted by atomic mass is 32.2. The van der Waals surface area contributed by atoms with E-state index in [9.17, 15) is 4.79 Å². The molecule has 1 aromatic heterocycles. The summed E-state index contributed by atoms with van der Waals surface area (Å²) in [5, 5.41) is 2.45. The third-order valence-electron chi connectivity index (χ3n) is 3.91. The third kappa shape index (κ3) is 3.77. The van der Waals surface area contributed by atoms with Gasteiger partial charge in [0, 0.05) is 16.7 Å². The number of aryl methyl sites for hydroxylation is 1. The smallest absolute Gasteiger partial charge is 0.306 e. The topological polar surface area (TPSA) is 52.3 Å². The minimum Gasteiger partial charge on any atom is -0.469 e. The van der Waals surface area contributed by atoms with E-state index < -0.39 is 0 Å². The molecular formula is C15H23NO2S2. The average molecular weight is 313 g/mol. The molecule has 2 rings (SSSR count). The molecule has 1 heterocycles. The van der Waals surface area contributed by atoms with Crippen LogP contribution in [0.15, 0.2) is 11.4 Å². The van der Waals surface area contributed by atoms with Gasteiger partial charge in [-0.3, -0.25) is 4.79 Å². The van der Waals surface area contributed by atoms with Crippen molar-refractivity contribution in [3.8, 4) is 0 Å². The number of esters is 1. The minimum atomic E-state index is -0.0900. The normalized spacial score (nSPS) is 19.4. The van der Waals surface area contributed by atoms with Crippen LogP contribution in [0.1, 0.15) is 41.9 Å². The number of ether oxygens (including phenoxy) is 1. The van der Waals surface area contributed by atoms with Gasteiger partial charge in [-0.05, 0) is 49.1 Å². The Balaban J connectivity index is 1.97. The Kier molecular flexibility index (Phi) is 5.15. The Morgan fingerprint density at radius 3 is 2.75 bits per heavy atom. The quantitative estimate of drug-likeness (QED) is 0.783. The largest absolute Gasteiger partial charge is 0.469 e.